The molecule has 2 aromatic rings. The Morgan fingerprint density at radius 1 is 1.12 bits per heavy atom. The number of carbonyl (C=O) groups excluding carboxylic acids is 1. The number of carboxylic acid groups (broad SMARTS) is 1. The highest BCUT2D eigenvalue weighted by Gasteiger charge is 2.33. The Hall–Kier alpha value is -2.83. The molecule has 1 amide bonds. The number of carbonyl (C=O) groups is 2. The quantitative estimate of drug-likeness (QED) is 0.820. The van der Waals surface area contributed by atoms with E-state index in [4.69, 9.17) is 5.11 Å². The van der Waals surface area contributed by atoms with E-state index in [2.05, 4.69) is 5.32 Å². The van der Waals surface area contributed by atoms with E-state index < -0.39 is 23.8 Å². The first kappa shape index (κ1) is 19.5. The maximum Gasteiger partial charge on any atom is 0.416 e. The number of aromatic carboxylic acids is 1. The summed E-state index contributed by atoms with van der Waals surface area (Å²) in [4.78, 5) is 23.0. The van der Waals surface area contributed by atoms with Gasteiger partial charge in [-0.3, -0.25) is 4.79 Å². The zero-order chi connectivity index (χ0) is 19.3. The van der Waals surface area contributed by atoms with Crippen molar-refractivity contribution in [3.63, 3.8) is 0 Å². The molecular weight excluding hydrogens is 347 g/mol. The van der Waals surface area contributed by atoms with Gasteiger partial charge in [0.25, 0.3) is 0 Å². The second-order valence-corrected chi connectivity index (χ2v) is 6.01. The summed E-state index contributed by atoms with van der Waals surface area (Å²) in [5.74, 6) is -1.48. The maximum absolute atomic E-state index is 13.0. The molecule has 26 heavy (non-hydrogen) atoms. The summed E-state index contributed by atoms with van der Waals surface area (Å²) >= 11 is 0. The zero-order valence-electron chi connectivity index (χ0n) is 14.0. The summed E-state index contributed by atoms with van der Waals surface area (Å²) in [5, 5.41) is 11.6. The second kappa shape index (κ2) is 8.03. The highest BCUT2D eigenvalue weighted by Crippen LogP contribution is 2.32. The Morgan fingerprint density at radius 2 is 1.81 bits per heavy atom. The van der Waals surface area contributed by atoms with Gasteiger partial charge in [-0.15, -0.1) is 0 Å². The van der Waals surface area contributed by atoms with Gasteiger partial charge in [0.2, 0.25) is 5.91 Å². The highest BCUT2D eigenvalue weighted by atomic mass is 19.4. The normalized spacial score (nSPS) is 12.5. The van der Waals surface area contributed by atoms with Crippen LogP contribution >= 0.6 is 0 Å². The summed E-state index contributed by atoms with van der Waals surface area (Å²) in [5.41, 5.74) is -0.0105. The molecule has 0 saturated heterocycles. The maximum atomic E-state index is 13.0. The number of rotatable bonds is 6. The third-order valence-corrected chi connectivity index (χ3v) is 3.79. The molecule has 0 aliphatic carbocycles. The van der Waals surface area contributed by atoms with Crippen molar-refractivity contribution < 1.29 is 27.9 Å². The number of amides is 1. The van der Waals surface area contributed by atoms with Crippen molar-refractivity contribution in [2.45, 2.75) is 32.0 Å². The minimum atomic E-state index is -4.45. The average molecular weight is 365 g/mol. The van der Waals surface area contributed by atoms with Crippen LogP contribution in [0.3, 0.4) is 0 Å². The first-order chi connectivity index (χ1) is 12.2. The highest BCUT2D eigenvalue weighted by molar-refractivity contribution is 5.88. The Morgan fingerprint density at radius 3 is 2.46 bits per heavy atom. The molecule has 138 valence electrons. The van der Waals surface area contributed by atoms with E-state index in [0.717, 1.165) is 6.07 Å². The molecule has 0 saturated carbocycles. The van der Waals surface area contributed by atoms with Gasteiger partial charge in [-0.25, -0.2) is 4.79 Å². The predicted molar refractivity (Wildman–Crippen MR) is 89.9 cm³/mol. The average Bonchev–Trinajstić information content (AvgIpc) is 2.54. The summed E-state index contributed by atoms with van der Waals surface area (Å²) < 4.78 is 39.0. The van der Waals surface area contributed by atoms with Gasteiger partial charge in [0.05, 0.1) is 17.5 Å². The number of hydrogen-bond acceptors (Lipinski definition) is 2. The fourth-order valence-corrected chi connectivity index (χ4v) is 2.68. The lowest BCUT2D eigenvalue weighted by molar-refractivity contribution is -0.138. The van der Waals surface area contributed by atoms with E-state index in [1.807, 2.05) is 0 Å². The number of benzene rings is 2. The fourth-order valence-electron chi connectivity index (χ4n) is 2.68. The Labute approximate surface area is 148 Å². The van der Waals surface area contributed by atoms with Crippen molar-refractivity contribution in [2.24, 2.45) is 0 Å². The van der Waals surface area contributed by atoms with Gasteiger partial charge in [0.1, 0.15) is 0 Å². The van der Waals surface area contributed by atoms with Crippen LogP contribution in [0.5, 0.6) is 0 Å². The molecule has 1 atom stereocenters. The number of halogens is 3. The molecule has 0 aliphatic heterocycles. The van der Waals surface area contributed by atoms with Gasteiger partial charge in [-0.1, -0.05) is 30.3 Å². The molecule has 0 aliphatic rings. The second-order valence-electron chi connectivity index (χ2n) is 6.01. The van der Waals surface area contributed by atoms with E-state index in [-0.39, 0.29) is 29.9 Å². The van der Waals surface area contributed by atoms with Crippen molar-refractivity contribution >= 4 is 11.9 Å². The van der Waals surface area contributed by atoms with E-state index in [1.54, 1.807) is 13.0 Å². The monoisotopic (exact) mass is 365 g/mol. The third kappa shape index (κ3) is 5.34. The Bertz CT molecular complexity index is 803. The van der Waals surface area contributed by atoms with Crippen LogP contribution in [0.25, 0.3) is 0 Å². The van der Waals surface area contributed by atoms with Crippen molar-refractivity contribution in [1.82, 2.24) is 5.32 Å². The lowest BCUT2D eigenvalue weighted by Gasteiger charge is -2.18. The molecule has 2 aromatic carbocycles. The van der Waals surface area contributed by atoms with E-state index >= 15 is 0 Å². The summed E-state index contributed by atoms with van der Waals surface area (Å²) in [6.45, 7) is 1.62. The number of carboxylic acids is 1. The van der Waals surface area contributed by atoms with Gasteiger partial charge >= 0.3 is 12.1 Å². The van der Waals surface area contributed by atoms with Crippen LogP contribution in [0.2, 0.25) is 0 Å². The van der Waals surface area contributed by atoms with Gasteiger partial charge < -0.3 is 10.4 Å². The lowest BCUT2D eigenvalue weighted by Crippen LogP contribution is -2.35. The van der Waals surface area contributed by atoms with Crippen LogP contribution in [0.4, 0.5) is 13.2 Å². The third-order valence-electron chi connectivity index (χ3n) is 3.79. The first-order valence-electron chi connectivity index (χ1n) is 7.93. The first-order valence-corrected chi connectivity index (χ1v) is 7.93. The molecule has 0 radical (unpaired) electrons. The molecule has 0 fully saturated rings. The Kier molecular flexibility index (Phi) is 6.02. The molecule has 2 rings (SSSR count). The zero-order valence-corrected chi connectivity index (χ0v) is 14.0. The molecule has 0 aromatic heterocycles. The number of nitrogens with one attached hydrogen (secondary N) is 1. The van der Waals surface area contributed by atoms with Crippen molar-refractivity contribution in [1.29, 1.82) is 0 Å². The minimum Gasteiger partial charge on any atom is -0.478 e. The number of alkyl halides is 3. The lowest BCUT2D eigenvalue weighted by atomic mass is 10.0. The predicted octanol–water partition coefficient (Wildman–Crippen LogP) is 3.69. The van der Waals surface area contributed by atoms with E-state index in [0.29, 0.717) is 5.56 Å². The van der Waals surface area contributed by atoms with Gasteiger partial charge in [-0.05, 0) is 42.7 Å². The SMILES string of the molecule is CC(Cc1ccccc1C(F)(F)F)NC(=O)Cc1cccc(C(=O)O)c1. The summed E-state index contributed by atoms with van der Waals surface area (Å²) in [6.07, 6.45) is -4.46. The van der Waals surface area contributed by atoms with Crippen LogP contribution in [-0.4, -0.2) is 23.0 Å². The number of hydrogen-bond donors (Lipinski definition) is 2. The molecule has 2 N–H and O–H groups in total. The molecule has 7 heteroatoms. The van der Waals surface area contributed by atoms with Gasteiger partial charge in [-0.2, -0.15) is 13.2 Å². The molecule has 0 heterocycles. The standard InChI is InChI=1S/C19H18F3NO3/c1-12(9-14-6-2-3-8-16(14)19(20,21)22)23-17(24)11-13-5-4-7-15(10-13)18(25)26/h2-8,10,12H,9,11H2,1H3,(H,23,24)(H,25,26). The van der Waals surface area contributed by atoms with Gasteiger partial charge in [0, 0.05) is 6.04 Å². The van der Waals surface area contributed by atoms with Gasteiger partial charge in [0.15, 0.2) is 0 Å². The van der Waals surface area contributed by atoms with Crippen molar-refractivity contribution in [2.75, 3.05) is 0 Å². The molecule has 4 nitrogen and oxygen atoms in total. The van der Waals surface area contributed by atoms with Crippen molar-refractivity contribution in [3.8, 4) is 0 Å². The molecule has 0 spiro atoms. The topological polar surface area (TPSA) is 66.4 Å². The van der Waals surface area contributed by atoms with E-state index in [9.17, 15) is 22.8 Å². The smallest absolute Gasteiger partial charge is 0.416 e. The fraction of sp³-hybridized carbons (Fsp3) is 0.263. The van der Waals surface area contributed by atoms with Crippen LogP contribution in [0, 0.1) is 0 Å². The van der Waals surface area contributed by atoms with Crippen LogP contribution in [-0.2, 0) is 23.8 Å². The molecule has 0 bridgehead atoms. The van der Waals surface area contributed by atoms with Crippen LogP contribution in [0.15, 0.2) is 48.5 Å². The summed E-state index contributed by atoms with van der Waals surface area (Å²) in [7, 11) is 0. The van der Waals surface area contributed by atoms with Crippen LogP contribution < -0.4 is 5.32 Å². The van der Waals surface area contributed by atoms with Crippen molar-refractivity contribution in [3.05, 3.63) is 70.8 Å². The van der Waals surface area contributed by atoms with Crippen LogP contribution in [0.1, 0.15) is 34.0 Å². The molecule has 1 unspecified atom stereocenters. The Balaban J connectivity index is 2.00. The minimum absolute atomic E-state index is 0.0383. The molecular formula is C19H18F3NO3. The van der Waals surface area contributed by atoms with E-state index in [1.165, 1.54) is 36.4 Å². The largest absolute Gasteiger partial charge is 0.478 e. The summed E-state index contributed by atoms with van der Waals surface area (Å²) in [6, 6.07) is 10.7.